The van der Waals surface area contributed by atoms with Crippen molar-refractivity contribution in [2.24, 2.45) is 0 Å². The normalized spacial score (nSPS) is 12.7. The van der Waals surface area contributed by atoms with E-state index < -0.39 is 12.1 Å². The van der Waals surface area contributed by atoms with E-state index >= 15 is 0 Å². The molecule has 466 valence electrons. The number of aliphatic hydroxyl groups is 2. The molecule has 0 heterocycles. The molecule has 0 aromatic rings. The molecule has 2 unspecified atom stereocenters. The number of nitrogens with one attached hydrogen (secondary N) is 1. The fourth-order valence-electron chi connectivity index (χ4n) is 11.2. The van der Waals surface area contributed by atoms with Gasteiger partial charge in [-0.15, -0.1) is 0 Å². The van der Waals surface area contributed by atoms with Gasteiger partial charge in [-0.05, 0) is 57.8 Å². The van der Waals surface area contributed by atoms with Gasteiger partial charge >= 0.3 is 5.97 Å². The molecular weight excluding hydrogens is 971 g/mol. The Morgan fingerprint density at radius 1 is 0.354 bits per heavy atom. The van der Waals surface area contributed by atoms with Crippen LogP contribution in [0.4, 0.5) is 0 Å². The third-order valence-electron chi connectivity index (χ3n) is 16.6. The van der Waals surface area contributed by atoms with E-state index in [-0.39, 0.29) is 18.5 Å². The molecule has 0 saturated carbocycles. The molecule has 0 aromatic carbocycles. The number of amides is 1. The van der Waals surface area contributed by atoms with E-state index in [1.54, 1.807) is 6.08 Å². The lowest BCUT2D eigenvalue weighted by atomic mass is 10.0. The molecule has 0 aliphatic heterocycles. The number of carbonyl (C=O) groups excluding carboxylic acids is 2. The number of carbonyl (C=O) groups is 2. The van der Waals surface area contributed by atoms with Crippen molar-refractivity contribution in [3.8, 4) is 0 Å². The van der Waals surface area contributed by atoms with E-state index in [0.717, 1.165) is 51.4 Å². The molecule has 3 N–H and O–H groups in total. The first-order valence-corrected chi connectivity index (χ1v) is 35.8. The highest BCUT2D eigenvalue weighted by atomic mass is 16.5. The maximum atomic E-state index is 12.5. The van der Waals surface area contributed by atoms with Gasteiger partial charge in [-0.2, -0.15) is 0 Å². The molecular formula is C73H139NO5. The Balaban J connectivity index is 3.35. The zero-order valence-corrected chi connectivity index (χ0v) is 53.4. The summed E-state index contributed by atoms with van der Waals surface area (Å²) in [5.74, 6) is -0.0553. The Morgan fingerprint density at radius 2 is 0.658 bits per heavy atom. The van der Waals surface area contributed by atoms with Crippen LogP contribution >= 0.6 is 0 Å². The van der Waals surface area contributed by atoms with Crippen molar-refractivity contribution in [1.82, 2.24) is 5.32 Å². The molecule has 0 radical (unpaired) electrons. The lowest BCUT2D eigenvalue weighted by Gasteiger charge is -2.20. The van der Waals surface area contributed by atoms with E-state index in [0.29, 0.717) is 19.4 Å². The summed E-state index contributed by atoms with van der Waals surface area (Å²) < 4.78 is 5.48. The molecule has 2 atom stereocenters. The molecule has 0 aliphatic carbocycles. The zero-order chi connectivity index (χ0) is 57.1. The number of allylic oxidation sites excluding steroid dienone is 5. The Morgan fingerprint density at radius 3 is 1.01 bits per heavy atom. The molecule has 0 aliphatic rings. The van der Waals surface area contributed by atoms with Crippen LogP contribution in [0.25, 0.3) is 0 Å². The number of esters is 1. The van der Waals surface area contributed by atoms with Crippen molar-refractivity contribution in [3.05, 3.63) is 36.5 Å². The summed E-state index contributed by atoms with van der Waals surface area (Å²) in [5, 5.41) is 23.2. The Kier molecular flexibility index (Phi) is 66.9. The molecule has 6 heteroatoms. The van der Waals surface area contributed by atoms with Gasteiger partial charge in [-0.3, -0.25) is 9.59 Å². The molecule has 1 amide bonds. The van der Waals surface area contributed by atoms with Gasteiger partial charge in [0.25, 0.3) is 0 Å². The first-order chi connectivity index (χ1) is 39.0. The van der Waals surface area contributed by atoms with Crippen LogP contribution in [0.2, 0.25) is 0 Å². The van der Waals surface area contributed by atoms with Crippen LogP contribution in [0.3, 0.4) is 0 Å². The van der Waals surface area contributed by atoms with E-state index in [2.05, 4.69) is 43.5 Å². The molecule has 0 saturated heterocycles. The monoisotopic (exact) mass is 1110 g/mol. The maximum absolute atomic E-state index is 12.5. The van der Waals surface area contributed by atoms with Crippen LogP contribution < -0.4 is 5.32 Å². The van der Waals surface area contributed by atoms with Crippen LogP contribution in [0, 0.1) is 0 Å². The van der Waals surface area contributed by atoms with Crippen molar-refractivity contribution in [1.29, 1.82) is 0 Å². The summed E-state index contributed by atoms with van der Waals surface area (Å²) >= 11 is 0. The van der Waals surface area contributed by atoms with E-state index in [1.807, 2.05) is 6.08 Å². The molecule has 0 rings (SSSR count). The summed E-state index contributed by atoms with van der Waals surface area (Å²) in [6.45, 7) is 4.87. The number of ether oxygens (including phenoxy) is 1. The van der Waals surface area contributed by atoms with Gasteiger partial charge < -0.3 is 20.3 Å². The van der Waals surface area contributed by atoms with Crippen LogP contribution in [0.1, 0.15) is 393 Å². The summed E-state index contributed by atoms with van der Waals surface area (Å²) in [6.07, 6.45) is 88.1. The minimum Gasteiger partial charge on any atom is -0.466 e. The Hall–Kier alpha value is -1.92. The fraction of sp³-hybridized carbons (Fsp3) is 0.890. The molecule has 0 bridgehead atoms. The van der Waals surface area contributed by atoms with Crippen LogP contribution in [-0.2, 0) is 14.3 Å². The SMILES string of the molecule is CCC/C=C\C/C=C\CCCCCCCC(=O)OCCCCCCCCCCCCCCCCCCCCCCCCCCCCCCCCCC(=O)NC(CO)C(O)/C=C/CCCCCCCCCCCCCCCCCC. The minimum atomic E-state index is -0.842. The molecule has 79 heavy (non-hydrogen) atoms. The van der Waals surface area contributed by atoms with Gasteiger partial charge in [0.15, 0.2) is 0 Å². The summed E-state index contributed by atoms with van der Waals surface area (Å²) in [7, 11) is 0. The molecule has 0 fully saturated rings. The molecule has 0 spiro atoms. The van der Waals surface area contributed by atoms with Crippen molar-refractivity contribution < 1.29 is 24.5 Å². The highest BCUT2D eigenvalue weighted by Gasteiger charge is 2.18. The van der Waals surface area contributed by atoms with Gasteiger partial charge in [0.2, 0.25) is 5.91 Å². The van der Waals surface area contributed by atoms with Crippen molar-refractivity contribution in [2.75, 3.05) is 13.2 Å². The summed E-state index contributed by atoms with van der Waals surface area (Å²) in [6, 6.07) is -0.625. The lowest BCUT2D eigenvalue weighted by Crippen LogP contribution is -2.45. The van der Waals surface area contributed by atoms with Gasteiger partial charge in [0, 0.05) is 12.8 Å². The topological polar surface area (TPSA) is 95.9 Å². The summed E-state index contributed by atoms with van der Waals surface area (Å²) in [5.41, 5.74) is 0. The van der Waals surface area contributed by atoms with E-state index in [4.69, 9.17) is 4.74 Å². The smallest absolute Gasteiger partial charge is 0.305 e. The average molecular weight is 1110 g/mol. The number of hydrogen-bond acceptors (Lipinski definition) is 5. The maximum Gasteiger partial charge on any atom is 0.305 e. The van der Waals surface area contributed by atoms with Crippen molar-refractivity contribution >= 4 is 11.9 Å². The average Bonchev–Trinajstić information content (AvgIpc) is 3.45. The standard InChI is InChI=1S/C73H139NO5/c1-3-5-7-9-11-13-15-17-18-19-35-38-42-45-49-53-57-61-65-71(76)70(69-75)74-72(77)66-62-58-54-50-46-43-39-36-33-31-29-27-25-23-21-20-22-24-26-28-30-32-34-37-40-44-48-52-56-60-64-68-79-73(78)67-63-59-55-51-47-41-16-14-12-10-8-6-4-2/h8,10,14,16,61,65,70-71,75-76H,3-7,9,11-13,15,17-60,62-64,66-69H2,1-2H3,(H,74,77)/b10-8-,16-14-,65-61+. The number of rotatable bonds is 67. The van der Waals surface area contributed by atoms with Gasteiger partial charge in [-0.1, -0.05) is 359 Å². The van der Waals surface area contributed by atoms with Crippen molar-refractivity contribution in [2.45, 2.75) is 405 Å². The second-order valence-electron chi connectivity index (χ2n) is 24.6. The second kappa shape index (κ2) is 68.6. The summed E-state index contributed by atoms with van der Waals surface area (Å²) in [4.78, 5) is 24.5. The van der Waals surface area contributed by atoms with Crippen molar-refractivity contribution in [3.63, 3.8) is 0 Å². The predicted molar refractivity (Wildman–Crippen MR) is 347 cm³/mol. The van der Waals surface area contributed by atoms with Crippen LogP contribution in [0.5, 0.6) is 0 Å². The van der Waals surface area contributed by atoms with Crippen LogP contribution in [-0.4, -0.2) is 47.4 Å². The van der Waals surface area contributed by atoms with Gasteiger partial charge in [-0.25, -0.2) is 0 Å². The molecule has 0 aromatic heterocycles. The fourth-order valence-corrected chi connectivity index (χ4v) is 11.2. The molecule has 6 nitrogen and oxygen atoms in total. The quantitative estimate of drug-likeness (QED) is 0.0320. The predicted octanol–water partition coefficient (Wildman–Crippen LogP) is 23.1. The third kappa shape index (κ3) is 65.1. The van der Waals surface area contributed by atoms with Gasteiger partial charge in [0.1, 0.15) is 0 Å². The van der Waals surface area contributed by atoms with Crippen LogP contribution in [0.15, 0.2) is 36.5 Å². The highest BCUT2D eigenvalue weighted by molar-refractivity contribution is 5.76. The minimum absolute atomic E-state index is 0.00527. The number of aliphatic hydroxyl groups excluding tert-OH is 2. The highest BCUT2D eigenvalue weighted by Crippen LogP contribution is 2.19. The third-order valence-corrected chi connectivity index (χ3v) is 16.6. The largest absolute Gasteiger partial charge is 0.466 e. The second-order valence-corrected chi connectivity index (χ2v) is 24.6. The zero-order valence-electron chi connectivity index (χ0n) is 53.4. The number of hydrogen-bond donors (Lipinski definition) is 3. The first-order valence-electron chi connectivity index (χ1n) is 35.8. The van der Waals surface area contributed by atoms with Gasteiger partial charge in [0.05, 0.1) is 25.4 Å². The Bertz CT molecular complexity index is 1280. The van der Waals surface area contributed by atoms with E-state index in [9.17, 15) is 19.8 Å². The van der Waals surface area contributed by atoms with E-state index in [1.165, 1.54) is 315 Å². The lowest BCUT2D eigenvalue weighted by molar-refractivity contribution is -0.143. The Labute approximate surface area is 494 Å². The first kappa shape index (κ1) is 77.1. The number of unbranched alkanes of at least 4 members (excludes halogenated alkanes) is 52.